The number of benzene rings is 3. The lowest BCUT2D eigenvalue weighted by Gasteiger charge is -2.23. The van der Waals surface area contributed by atoms with Crippen molar-refractivity contribution in [3.63, 3.8) is 0 Å². The van der Waals surface area contributed by atoms with Crippen LogP contribution in [0.2, 0.25) is 0 Å². The maximum atomic E-state index is 13.6. The Bertz CT molecular complexity index is 1360. The van der Waals surface area contributed by atoms with Crippen LogP contribution in [0, 0.1) is 12.7 Å². The maximum absolute atomic E-state index is 13.6. The zero-order valence-electron chi connectivity index (χ0n) is 21.2. The first-order valence-corrected chi connectivity index (χ1v) is 12.6. The van der Waals surface area contributed by atoms with Crippen molar-refractivity contribution in [3.8, 4) is 0 Å². The number of para-hydroxylation sites is 2. The molecule has 5 rings (SSSR count). The number of rotatable bonds is 2. The zero-order valence-corrected chi connectivity index (χ0v) is 21.2. The second-order valence-electron chi connectivity index (χ2n) is 9.21. The van der Waals surface area contributed by atoms with E-state index in [0.29, 0.717) is 6.54 Å². The van der Waals surface area contributed by atoms with Gasteiger partial charge in [0.05, 0.1) is 11.3 Å². The summed E-state index contributed by atoms with van der Waals surface area (Å²) in [6.45, 7) is 3.50. The van der Waals surface area contributed by atoms with E-state index in [2.05, 4.69) is 17.4 Å². The Hall–Kier alpha value is -4.24. The predicted octanol–water partition coefficient (Wildman–Crippen LogP) is 4.49. The van der Waals surface area contributed by atoms with Gasteiger partial charge in [0.15, 0.2) is 0 Å². The summed E-state index contributed by atoms with van der Waals surface area (Å²) in [5, 5.41) is 11.4. The first kappa shape index (κ1) is 26.8. The Morgan fingerprint density at radius 2 is 1.82 bits per heavy atom. The standard InChI is InChI=1S/C19H22N2O.C10H9FN2O3/c1-14-12-16(9-10-17(14)13-20)19(22)21-11-5-4-7-15-6-2-3-8-18(15)21;11-7-3-1-2-6-8(7)13(10(15)16)5-4-12-9(6)14/h2-3,6,8-10,12H,4-5,7,11,13,20H2,1H3;1-3H,4-5H2,(H,12,14)(H,15,16). The van der Waals surface area contributed by atoms with Crippen LogP contribution in [0.15, 0.2) is 60.7 Å². The number of halogens is 1. The van der Waals surface area contributed by atoms with E-state index in [1.807, 2.05) is 42.2 Å². The first-order valence-electron chi connectivity index (χ1n) is 12.6. The largest absolute Gasteiger partial charge is 0.465 e. The van der Waals surface area contributed by atoms with Crippen LogP contribution in [0.1, 0.15) is 50.2 Å². The van der Waals surface area contributed by atoms with E-state index in [1.165, 1.54) is 17.7 Å². The summed E-state index contributed by atoms with van der Waals surface area (Å²) in [5.41, 5.74) is 10.8. The van der Waals surface area contributed by atoms with Crippen molar-refractivity contribution in [2.24, 2.45) is 5.73 Å². The lowest BCUT2D eigenvalue weighted by Crippen LogP contribution is -2.34. The molecule has 2 aliphatic heterocycles. The summed E-state index contributed by atoms with van der Waals surface area (Å²) in [4.78, 5) is 38.2. The average Bonchev–Trinajstić information content (AvgIpc) is 3.23. The van der Waals surface area contributed by atoms with Gasteiger partial charge in [-0.25, -0.2) is 9.18 Å². The molecule has 3 aromatic carbocycles. The number of fused-ring (bicyclic) bond motifs is 2. The molecule has 0 fully saturated rings. The van der Waals surface area contributed by atoms with Crippen LogP contribution in [0.4, 0.5) is 20.6 Å². The molecule has 0 radical (unpaired) electrons. The quantitative estimate of drug-likeness (QED) is 0.462. The van der Waals surface area contributed by atoms with E-state index in [0.717, 1.165) is 59.2 Å². The Kier molecular flexibility index (Phi) is 8.38. The molecule has 0 bridgehead atoms. The fourth-order valence-electron chi connectivity index (χ4n) is 4.77. The molecular weight excluding hydrogens is 487 g/mol. The predicted molar refractivity (Wildman–Crippen MR) is 144 cm³/mol. The molecule has 38 heavy (non-hydrogen) atoms. The fraction of sp³-hybridized carbons (Fsp3) is 0.276. The lowest BCUT2D eigenvalue weighted by molar-refractivity contribution is 0.0955. The van der Waals surface area contributed by atoms with Gasteiger partial charge in [-0.05, 0) is 73.2 Å². The van der Waals surface area contributed by atoms with Crippen molar-refractivity contribution in [3.05, 3.63) is 94.3 Å². The van der Waals surface area contributed by atoms with E-state index >= 15 is 0 Å². The van der Waals surface area contributed by atoms with E-state index in [1.54, 1.807) is 0 Å². The monoisotopic (exact) mass is 518 g/mol. The van der Waals surface area contributed by atoms with Gasteiger partial charge in [0.25, 0.3) is 11.8 Å². The summed E-state index contributed by atoms with van der Waals surface area (Å²) in [7, 11) is 0. The van der Waals surface area contributed by atoms with Crippen molar-refractivity contribution in [1.82, 2.24) is 5.32 Å². The van der Waals surface area contributed by atoms with Gasteiger partial charge in [-0.1, -0.05) is 30.3 Å². The highest BCUT2D eigenvalue weighted by molar-refractivity contribution is 6.07. The third-order valence-electron chi connectivity index (χ3n) is 6.77. The molecule has 0 unspecified atom stereocenters. The van der Waals surface area contributed by atoms with Gasteiger partial charge < -0.3 is 21.1 Å². The summed E-state index contributed by atoms with van der Waals surface area (Å²) in [6, 6.07) is 18.0. The Morgan fingerprint density at radius 1 is 1.03 bits per heavy atom. The number of anilines is 2. The number of carbonyl (C=O) groups is 3. The molecule has 0 saturated heterocycles. The molecule has 0 aliphatic carbocycles. The van der Waals surface area contributed by atoms with Crippen LogP contribution in [0.25, 0.3) is 0 Å². The number of aryl methyl sites for hydroxylation is 2. The van der Waals surface area contributed by atoms with Gasteiger partial charge in [-0.15, -0.1) is 0 Å². The molecular formula is C29H31FN4O4. The van der Waals surface area contributed by atoms with Crippen LogP contribution in [-0.2, 0) is 13.0 Å². The second kappa shape index (κ2) is 11.9. The number of nitrogens with two attached hydrogens (primary N) is 1. The van der Waals surface area contributed by atoms with Crippen LogP contribution >= 0.6 is 0 Å². The SMILES string of the molecule is Cc1cc(C(=O)N2CCCCc3ccccc32)ccc1CN.O=C1NCCN(C(=O)O)c2c(F)cccc21. The number of carboxylic acid groups (broad SMARTS) is 1. The topological polar surface area (TPSA) is 116 Å². The minimum atomic E-state index is -1.28. The normalized spacial score (nSPS) is 14.7. The molecule has 0 aromatic heterocycles. The summed E-state index contributed by atoms with van der Waals surface area (Å²) >= 11 is 0. The number of nitrogens with zero attached hydrogens (tertiary/aromatic N) is 2. The van der Waals surface area contributed by atoms with E-state index in [9.17, 15) is 18.8 Å². The molecule has 198 valence electrons. The molecule has 2 aliphatic rings. The van der Waals surface area contributed by atoms with Gasteiger partial charge in [0, 0.05) is 37.4 Å². The van der Waals surface area contributed by atoms with Crippen molar-refractivity contribution < 1.29 is 23.9 Å². The van der Waals surface area contributed by atoms with Gasteiger partial charge in [-0.3, -0.25) is 14.5 Å². The molecule has 3 aromatic rings. The molecule has 0 spiro atoms. The van der Waals surface area contributed by atoms with Crippen LogP contribution in [0.5, 0.6) is 0 Å². The Balaban J connectivity index is 0.000000186. The summed E-state index contributed by atoms with van der Waals surface area (Å²) in [6.07, 6.45) is 1.94. The van der Waals surface area contributed by atoms with Crippen molar-refractivity contribution in [2.75, 3.05) is 29.4 Å². The highest BCUT2D eigenvalue weighted by Crippen LogP contribution is 2.28. The number of hydrogen-bond donors (Lipinski definition) is 3. The molecule has 4 N–H and O–H groups in total. The molecule has 3 amide bonds. The number of hydrogen-bond acceptors (Lipinski definition) is 4. The third kappa shape index (κ3) is 5.68. The van der Waals surface area contributed by atoms with Gasteiger partial charge in [0.2, 0.25) is 0 Å². The Labute approximate surface area is 220 Å². The highest BCUT2D eigenvalue weighted by Gasteiger charge is 2.27. The van der Waals surface area contributed by atoms with Crippen LogP contribution in [-0.4, -0.2) is 42.6 Å². The molecule has 9 heteroatoms. The second-order valence-corrected chi connectivity index (χ2v) is 9.21. The highest BCUT2D eigenvalue weighted by atomic mass is 19.1. The minimum Gasteiger partial charge on any atom is -0.465 e. The average molecular weight is 519 g/mol. The molecule has 8 nitrogen and oxygen atoms in total. The van der Waals surface area contributed by atoms with Crippen molar-refractivity contribution in [1.29, 1.82) is 0 Å². The number of carbonyl (C=O) groups excluding carboxylic acids is 2. The molecule has 0 saturated carbocycles. The van der Waals surface area contributed by atoms with E-state index in [4.69, 9.17) is 10.8 Å². The van der Waals surface area contributed by atoms with E-state index in [-0.39, 0.29) is 30.2 Å². The van der Waals surface area contributed by atoms with Gasteiger partial charge >= 0.3 is 6.09 Å². The molecule has 2 heterocycles. The fourth-order valence-corrected chi connectivity index (χ4v) is 4.77. The number of nitrogens with one attached hydrogen (secondary N) is 1. The maximum Gasteiger partial charge on any atom is 0.411 e. The van der Waals surface area contributed by atoms with Crippen LogP contribution < -0.4 is 20.9 Å². The van der Waals surface area contributed by atoms with Crippen molar-refractivity contribution in [2.45, 2.75) is 32.7 Å². The van der Waals surface area contributed by atoms with E-state index < -0.39 is 17.8 Å². The third-order valence-corrected chi connectivity index (χ3v) is 6.77. The summed E-state index contributed by atoms with van der Waals surface area (Å²) < 4.78 is 13.6. The Morgan fingerprint density at radius 3 is 2.55 bits per heavy atom. The van der Waals surface area contributed by atoms with Gasteiger partial charge in [-0.2, -0.15) is 0 Å². The van der Waals surface area contributed by atoms with Crippen molar-refractivity contribution >= 4 is 29.3 Å². The summed E-state index contributed by atoms with van der Waals surface area (Å²) in [5.74, 6) is -1.09. The minimum absolute atomic E-state index is 0.0367. The lowest BCUT2D eigenvalue weighted by atomic mass is 10.0. The molecule has 0 atom stereocenters. The first-order chi connectivity index (χ1) is 18.3. The smallest absolute Gasteiger partial charge is 0.411 e. The number of amides is 3. The zero-order chi connectivity index (χ0) is 27.2. The van der Waals surface area contributed by atoms with Crippen LogP contribution in [0.3, 0.4) is 0 Å². The van der Waals surface area contributed by atoms with Gasteiger partial charge in [0.1, 0.15) is 5.82 Å².